The molecule has 1 saturated heterocycles. The standard InChI is InChI=1S/C14H38N8S7.C10H22O4S3.C10H22S7.C5H11ClO2S.C3H5ClO.C2H6OS.CH4N2S.CH4.3ClH.2Na.H2S/c15-11(16)26-3-1-24-9(7-28-13(19)20)5-23-6-10(8-29-14(21)22)25-2-4-27-12(17)18;11-1-3-15-5-9(13)7-17-8-10(14)6-16-4-2-12;11-1-3-16-9(5-13)7-15-8-10(6-14)17-4-2-12;6-3-5(8)4-9-2-1-7;4-1-3-2-5-3;3-1-2-4;2-1(3)4;;;;;;;/h9-14H,1-8,15-22H2;2*9-14H,1-8H2;5,7-8H,1-4H2;3H,1-2H2;3-4H,1-2H2;(H4,2,3,4);1H4;3*1H;;;1H2. The molecule has 8 atom stereocenters. The minimum atomic E-state index is -0.428. The first-order valence-corrected chi connectivity index (χ1v) is 55.3. The van der Waals surface area contributed by atoms with Crippen LogP contribution >= 0.6 is 314 Å². The van der Waals surface area contributed by atoms with E-state index in [1.54, 1.807) is 47.0 Å². The summed E-state index contributed by atoms with van der Waals surface area (Å²) >= 11 is 62.8. The van der Waals surface area contributed by atoms with Crippen molar-refractivity contribution in [1.82, 2.24) is 0 Å². The number of thioether (sulfide) groups is 14. The molecule has 0 aromatic carbocycles. The number of aliphatic hydroxyl groups is 7. The molecule has 1 aliphatic rings. The van der Waals surface area contributed by atoms with Crippen molar-refractivity contribution in [2.24, 2.45) is 57.3 Å². The normalized spacial score (nSPS) is 13.9. The summed E-state index contributed by atoms with van der Waals surface area (Å²) in [7, 11) is 0. The molecule has 0 spiro atoms. The number of thiol groups is 5. The Morgan fingerprint density at radius 1 is 0.435 bits per heavy atom. The van der Waals surface area contributed by atoms with Crippen molar-refractivity contribution < 1.29 is 40.5 Å². The van der Waals surface area contributed by atoms with E-state index >= 15 is 0 Å². The second kappa shape index (κ2) is 109. The zero-order valence-electron chi connectivity index (χ0n) is 52.2. The van der Waals surface area contributed by atoms with Gasteiger partial charge in [-0.25, -0.2) is 0 Å². The molecule has 1 rings (SSSR count). The molecule has 46 heteroatoms. The third-order valence-corrected chi connectivity index (χ3v) is 28.8. The summed E-state index contributed by atoms with van der Waals surface area (Å²) < 4.78 is 4.73. The third kappa shape index (κ3) is 129. The van der Waals surface area contributed by atoms with Crippen LogP contribution in [0.25, 0.3) is 0 Å². The number of alkyl halides is 2. The van der Waals surface area contributed by atoms with Crippen LogP contribution in [-0.4, -0.2) is 340 Å². The Hall–Kier alpha value is 9.50. The molecule has 0 saturated carbocycles. The van der Waals surface area contributed by atoms with Gasteiger partial charge in [0.05, 0.1) is 63.3 Å². The summed E-state index contributed by atoms with van der Waals surface area (Å²) in [6.07, 6.45) is -0.789. The monoisotopic (exact) mass is 1830 g/mol. The first-order valence-electron chi connectivity index (χ1n) is 27.3. The number of hydrogen-bond acceptors (Lipinski definition) is 36. The van der Waals surface area contributed by atoms with Crippen molar-refractivity contribution >= 4 is 363 Å². The Balaban J connectivity index is -0.0000000883. The van der Waals surface area contributed by atoms with Gasteiger partial charge in [-0.15, -0.1) is 107 Å². The number of halogens is 5. The van der Waals surface area contributed by atoms with Crippen LogP contribution in [-0.2, 0) is 4.74 Å². The van der Waals surface area contributed by atoms with Gasteiger partial charge in [-0.05, 0) is 23.7 Å². The van der Waals surface area contributed by atoms with E-state index in [0.29, 0.717) is 84.8 Å². The third-order valence-electron chi connectivity index (χ3n) is 8.07. The number of hydrogen-bond donors (Lipinski definition) is 22. The zero-order valence-corrected chi connectivity index (χ0v) is 77.9. The predicted octanol–water partition coefficient (Wildman–Crippen LogP) is 4.48. The van der Waals surface area contributed by atoms with Gasteiger partial charge in [-0.2, -0.15) is 194 Å². The van der Waals surface area contributed by atoms with Crippen molar-refractivity contribution in [3.63, 3.8) is 0 Å². The SMILES string of the molecule is C.Cl.Cl.Cl.ClCC1CO1.NC(N)=S.NC(N)SCCSC(CSCC(CSC(N)N)SCCSC(N)N)CSC(N)N.OCCS.OCCSCC(O)CCl.OCCSCC(O)CSCC(O)CSCCO.S.SCCSC(CS)CSCC(CS)SCCS.[Na][Na]. The number of thiocarbonyl (C=S) groups is 1. The van der Waals surface area contributed by atoms with Crippen molar-refractivity contribution in [3.8, 4) is 0 Å². The fraction of sp³-hybridized carbons (Fsp3) is 0.978. The summed E-state index contributed by atoms with van der Waals surface area (Å²) in [5.41, 5.74) is 53.1. The molecule has 0 bridgehead atoms. The second-order valence-corrected chi connectivity index (χ2v) is 36.6. The Kier molecular flexibility index (Phi) is 152. The Morgan fingerprint density at radius 3 is 0.924 bits per heavy atom. The number of nitrogens with two attached hydrogens (primary N) is 10. The fourth-order valence-electron chi connectivity index (χ4n) is 4.42. The van der Waals surface area contributed by atoms with Crippen molar-refractivity contribution in [2.75, 3.05) is 189 Å². The van der Waals surface area contributed by atoms with Crippen LogP contribution < -0.4 is 57.3 Å². The van der Waals surface area contributed by atoms with Crippen LogP contribution in [0.2, 0.25) is 0 Å². The Bertz CT molecular complexity index is 1250. The molecule has 0 radical (unpaired) electrons. The van der Waals surface area contributed by atoms with Gasteiger partial charge >= 0.3 is 43.6 Å². The van der Waals surface area contributed by atoms with E-state index in [1.807, 2.05) is 70.6 Å². The van der Waals surface area contributed by atoms with Gasteiger partial charge in [0.2, 0.25) is 0 Å². The van der Waals surface area contributed by atoms with E-state index in [-0.39, 0.29) is 130 Å². The molecule has 0 aliphatic carbocycles. The summed E-state index contributed by atoms with van der Waals surface area (Å²) in [4.78, 5) is 0. The van der Waals surface area contributed by atoms with Crippen LogP contribution in [0, 0.1) is 0 Å². The predicted molar refractivity (Wildman–Crippen MR) is 486 cm³/mol. The number of epoxide rings is 1. The Morgan fingerprint density at radius 2 is 0.696 bits per heavy atom. The molecular formula is C46H117Cl5N10Na2O8S21. The van der Waals surface area contributed by atoms with Crippen LogP contribution in [0.5, 0.6) is 0 Å². The van der Waals surface area contributed by atoms with Gasteiger partial charge in [-0.1, -0.05) is 7.43 Å². The maximum absolute atomic E-state index is 9.56. The van der Waals surface area contributed by atoms with Gasteiger partial charge in [0, 0.05) is 159 Å². The number of rotatable bonds is 51. The first kappa shape index (κ1) is 128. The van der Waals surface area contributed by atoms with Crippen LogP contribution in [0.4, 0.5) is 0 Å². The molecule has 92 heavy (non-hydrogen) atoms. The average Bonchev–Trinajstić information content (AvgIpc) is 4.55. The summed E-state index contributed by atoms with van der Waals surface area (Å²) in [6.45, 7) is 1.52. The summed E-state index contributed by atoms with van der Waals surface area (Å²) in [5, 5.41) is 63.5. The molecule has 1 heterocycles. The van der Waals surface area contributed by atoms with E-state index in [9.17, 15) is 10.2 Å². The molecule has 18 nitrogen and oxygen atoms in total. The molecule has 1 aliphatic heterocycles. The van der Waals surface area contributed by atoms with E-state index in [2.05, 4.69) is 86.8 Å². The average molecular weight is 1840 g/mol. The molecular weight excluding hydrogens is 1720 g/mol. The van der Waals surface area contributed by atoms with Gasteiger partial charge in [-0.3, -0.25) is 0 Å². The topological polar surface area (TPSA) is 414 Å². The molecule has 1 fully saturated rings. The van der Waals surface area contributed by atoms with Crippen LogP contribution in [0.1, 0.15) is 7.43 Å². The van der Waals surface area contributed by atoms with Gasteiger partial charge in [0.1, 0.15) is 22.0 Å². The Labute approximate surface area is 713 Å². The van der Waals surface area contributed by atoms with Crippen molar-refractivity contribution in [2.45, 2.75) is 74.8 Å². The van der Waals surface area contributed by atoms with E-state index in [4.69, 9.17) is 99.3 Å². The first-order chi connectivity index (χ1) is 41.6. The van der Waals surface area contributed by atoms with Crippen molar-refractivity contribution in [3.05, 3.63) is 0 Å². The molecule has 27 N–H and O–H groups in total. The summed E-state index contributed by atoms with van der Waals surface area (Å²) in [6, 6.07) is 0. The zero-order chi connectivity index (χ0) is 67.7. The molecule has 562 valence electrons. The molecule has 0 aromatic rings. The van der Waals surface area contributed by atoms with Crippen LogP contribution in [0.15, 0.2) is 0 Å². The van der Waals surface area contributed by atoms with Gasteiger partial charge < -0.3 is 97.8 Å². The quantitative estimate of drug-likeness (QED) is 0.00759. The summed E-state index contributed by atoms with van der Waals surface area (Å²) in [5.74, 6) is 22.9. The number of ether oxygens (including phenoxy) is 1. The molecule has 0 amide bonds. The van der Waals surface area contributed by atoms with E-state index < -0.39 is 6.10 Å². The maximum atomic E-state index is 9.56. The van der Waals surface area contributed by atoms with Crippen molar-refractivity contribution in [1.29, 1.82) is 0 Å². The molecule has 0 aromatic heterocycles. The minimum absolute atomic E-state index is 0. The fourth-order valence-corrected chi connectivity index (χ4v) is 21.0. The van der Waals surface area contributed by atoms with Crippen LogP contribution in [0.3, 0.4) is 0 Å². The molecule has 8 unspecified atom stereocenters. The van der Waals surface area contributed by atoms with Gasteiger partial charge in [0.25, 0.3) is 0 Å². The second-order valence-electron chi connectivity index (χ2n) is 16.1. The van der Waals surface area contributed by atoms with Gasteiger partial charge in [0.15, 0.2) is 5.11 Å². The van der Waals surface area contributed by atoms with E-state index in [0.717, 1.165) is 87.1 Å². The van der Waals surface area contributed by atoms with E-state index in [1.165, 1.54) is 102 Å². The number of aliphatic hydroxyl groups excluding tert-OH is 7.